The lowest BCUT2D eigenvalue weighted by molar-refractivity contribution is -0.137. The highest BCUT2D eigenvalue weighted by molar-refractivity contribution is 9.08. The number of halogens is 4. The van der Waals surface area contributed by atoms with Crippen LogP contribution in [-0.4, -0.2) is 0 Å². The Morgan fingerprint density at radius 3 is 2.50 bits per heavy atom. The van der Waals surface area contributed by atoms with E-state index in [4.69, 9.17) is 0 Å². The summed E-state index contributed by atoms with van der Waals surface area (Å²) in [6.45, 7) is 0. The van der Waals surface area contributed by atoms with E-state index in [2.05, 4.69) is 22.0 Å². The molecule has 0 aromatic heterocycles. The molecule has 1 aromatic carbocycles. The predicted molar refractivity (Wildman–Crippen MR) is 42.9 cm³/mol. The second-order valence-corrected chi connectivity index (χ2v) is 2.78. The van der Waals surface area contributed by atoms with Gasteiger partial charge < -0.3 is 0 Å². The first-order valence-electron chi connectivity index (χ1n) is 3.18. The fraction of sp³-hybridized carbons (Fsp3) is 0.250. The van der Waals surface area contributed by atoms with Crippen LogP contribution in [0.1, 0.15) is 11.1 Å². The molecule has 0 unspecified atom stereocenters. The second-order valence-electron chi connectivity index (χ2n) is 2.22. The Hall–Kier alpha value is -0.510. The molecule has 0 bridgehead atoms. The largest absolute Gasteiger partial charge is 0.417 e. The molecule has 0 fully saturated rings. The van der Waals surface area contributed by atoms with Crippen molar-refractivity contribution in [2.24, 2.45) is 0 Å². The third-order valence-electron chi connectivity index (χ3n) is 1.30. The molecule has 0 amide bonds. The summed E-state index contributed by atoms with van der Waals surface area (Å²) in [6, 6.07) is 6.23. The zero-order valence-electron chi connectivity index (χ0n) is 5.95. The molecule has 0 saturated heterocycles. The van der Waals surface area contributed by atoms with Gasteiger partial charge in [-0.25, -0.2) is 0 Å². The van der Waals surface area contributed by atoms with Gasteiger partial charge >= 0.3 is 6.18 Å². The number of hydrogen-bond donors (Lipinski definition) is 0. The minimum atomic E-state index is -4.29. The van der Waals surface area contributed by atoms with E-state index in [0.29, 0.717) is 10.9 Å². The lowest BCUT2D eigenvalue weighted by Gasteiger charge is -2.06. The Morgan fingerprint density at radius 1 is 1.33 bits per heavy atom. The van der Waals surface area contributed by atoms with Gasteiger partial charge in [-0.2, -0.15) is 13.2 Å². The molecule has 1 rings (SSSR count). The van der Waals surface area contributed by atoms with E-state index in [1.165, 1.54) is 6.07 Å². The van der Waals surface area contributed by atoms with Gasteiger partial charge in [0.05, 0.1) is 5.56 Å². The molecule has 65 valence electrons. The Kier molecular flexibility index (Phi) is 2.77. The summed E-state index contributed by atoms with van der Waals surface area (Å²) in [5, 5.41) is 0.386. The smallest absolute Gasteiger partial charge is 0.166 e. The molecule has 0 heterocycles. The van der Waals surface area contributed by atoms with Crippen molar-refractivity contribution in [3.05, 3.63) is 35.4 Å². The molecule has 0 N–H and O–H groups in total. The molecule has 1 radical (unpaired) electrons. The molecular formula is C8H5BrF3. The van der Waals surface area contributed by atoms with Crippen molar-refractivity contribution in [2.45, 2.75) is 11.5 Å². The molecule has 0 aliphatic carbocycles. The van der Waals surface area contributed by atoms with E-state index in [0.717, 1.165) is 6.07 Å². The maximum atomic E-state index is 12.1. The van der Waals surface area contributed by atoms with Crippen LogP contribution in [0.25, 0.3) is 0 Å². The Bertz CT molecular complexity index is 267. The summed E-state index contributed by atoms with van der Waals surface area (Å²) in [5.74, 6) is 0. The van der Waals surface area contributed by atoms with Crippen LogP contribution in [-0.2, 0) is 11.5 Å². The monoisotopic (exact) mass is 237 g/mol. The van der Waals surface area contributed by atoms with E-state index in [1.807, 2.05) is 0 Å². The second kappa shape index (κ2) is 3.47. The summed E-state index contributed by atoms with van der Waals surface area (Å²) in [4.78, 5) is 0. The molecule has 0 saturated carbocycles. The van der Waals surface area contributed by atoms with Crippen LogP contribution < -0.4 is 0 Å². The number of benzene rings is 1. The lowest BCUT2D eigenvalue weighted by Crippen LogP contribution is -2.05. The first-order valence-corrected chi connectivity index (χ1v) is 4.30. The molecular weight excluding hydrogens is 233 g/mol. The highest BCUT2D eigenvalue weighted by Gasteiger charge is 2.30. The minimum absolute atomic E-state index is 0.386. The normalized spacial score (nSPS) is 11.7. The standard InChI is InChI=1S/C8H5BrF3/c9-5-6-2-1-3-7(4-6)8(10,11)12/h1-3H,5H2. The molecule has 0 spiro atoms. The lowest BCUT2D eigenvalue weighted by atomic mass is 10.1. The average molecular weight is 238 g/mol. The van der Waals surface area contributed by atoms with Crippen molar-refractivity contribution in [1.82, 2.24) is 0 Å². The van der Waals surface area contributed by atoms with Crippen molar-refractivity contribution in [1.29, 1.82) is 0 Å². The maximum Gasteiger partial charge on any atom is 0.417 e. The van der Waals surface area contributed by atoms with E-state index in [9.17, 15) is 13.2 Å². The third-order valence-corrected chi connectivity index (χ3v) is 1.91. The molecule has 12 heavy (non-hydrogen) atoms. The molecule has 0 nitrogen and oxygen atoms in total. The number of hydrogen-bond acceptors (Lipinski definition) is 0. The molecule has 1 aromatic rings. The zero-order chi connectivity index (χ0) is 9.19. The Labute approximate surface area is 76.5 Å². The Morgan fingerprint density at radius 2 is 2.00 bits per heavy atom. The zero-order valence-corrected chi connectivity index (χ0v) is 7.54. The van der Waals surface area contributed by atoms with E-state index in [-0.39, 0.29) is 0 Å². The van der Waals surface area contributed by atoms with Crippen LogP contribution in [0.2, 0.25) is 0 Å². The summed E-state index contributed by atoms with van der Waals surface area (Å²) >= 11 is 3.06. The van der Waals surface area contributed by atoms with Crippen molar-refractivity contribution in [2.75, 3.05) is 0 Å². The minimum Gasteiger partial charge on any atom is -0.166 e. The van der Waals surface area contributed by atoms with Crippen molar-refractivity contribution < 1.29 is 13.2 Å². The fourth-order valence-corrected chi connectivity index (χ4v) is 1.09. The molecule has 4 heteroatoms. The fourth-order valence-electron chi connectivity index (χ4n) is 0.760. The van der Waals surface area contributed by atoms with Crippen LogP contribution in [0.3, 0.4) is 0 Å². The third kappa shape index (κ3) is 2.24. The van der Waals surface area contributed by atoms with Gasteiger partial charge in [0.1, 0.15) is 0 Å². The summed E-state index contributed by atoms with van der Waals surface area (Å²) in [5.41, 5.74) is -0.218. The average Bonchev–Trinajstić information content (AvgIpc) is 2.03. The molecule has 0 aliphatic rings. The molecule has 0 atom stereocenters. The van der Waals surface area contributed by atoms with Crippen LogP contribution in [0.15, 0.2) is 18.2 Å². The SMILES string of the molecule is FC(F)(F)c1[c]c(CBr)ccc1. The van der Waals surface area contributed by atoms with Gasteiger partial charge in [-0.05, 0) is 17.7 Å². The highest BCUT2D eigenvalue weighted by Crippen LogP contribution is 2.29. The topological polar surface area (TPSA) is 0 Å². The highest BCUT2D eigenvalue weighted by atomic mass is 79.9. The number of alkyl halides is 4. The van der Waals surface area contributed by atoms with E-state index >= 15 is 0 Å². The quantitative estimate of drug-likeness (QED) is 0.657. The van der Waals surface area contributed by atoms with Crippen LogP contribution in [0, 0.1) is 6.07 Å². The van der Waals surface area contributed by atoms with Gasteiger partial charge in [-0.15, -0.1) is 0 Å². The maximum absolute atomic E-state index is 12.1. The molecule has 0 aliphatic heterocycles. The predicted octanol–water partition coefficient (Wildman–Crippen LogP) is 3.40. The van der Waals surface area contributed by atoms with Gasteiger partial charge in [-0.3, -0.25) is 0 Å². The summed E-state index contributed by atoms with van der Waals surface area (Å²) < 4.78 is 36.2. The Balaban J connectivity index is 3.02. The van der Waals surface area contributed by atoms with Gasteiger partial charge in [0, 0.05) is 5.33 Å². The first kappa shape index (κ1) is 9.58. The van der Waals surface area contributed by atoms with E-state index in [1.54, 1.807) is 6.07 Å². The van der Waals surface area contributed by atoms with Crippen molar-refractivity contribution >= 4 is 15.9 Å². The van der Waals surface area contributed by atoms with Crippen molar-refractivity contribution in [3.8, 4) is 0 Å². The van der Waals surface area contributed by atoms with Gasteiger partial charge in [0.15, 0.2) is 0 Å². The van der Waals surface area contributed by atoms with Crippen LogP contribution in [0.5, 0.6) is 0 Å². The summed E-state index contributed by atoms with van der Waals surface area (Å²) in [6.07, 6.45) is -4.29. The number of rotatable bonds is 1. The van der Waals surface area contributed by atoms with Crippen LogP contribution in [0.4, 0.5) is 13.2 Å². The first-order chi connectivity index (χ1) is 5.54. The summed E-state index contributed by atoms with van der Waals surface area (Å²) in [7, 11) is 0. The van der Waals surface area contributed by atoms with E-state index < -0.39 is 11.7 Å². The van der Waals surface area contributed by atoms with Gasteiger partial charge in [-0.1, -0.05) is 28.1 Å². The van der Waals surface area contributed by atoms with Gasteiger partial charge in [0.25, 0.3) is 0 Å². The van der Waals surface area contributed by atoms with Gasteiger partial charge in [0.2, 0.25) is 0 Å². The van der Waals surface area contributed by atoms with Crippen LogP contribution >= 0.6 is 15.9 Å². The van der Waals surface area contributed by atoms with Crippen molar-refractivity contribution in [3.63, 3.8) is 0 Å².